The molecule has 0 bridgehead atoms. The van der Waals surface area contributed by atoms with Crippen molar-refractivity contribution in [2.75, 3.05) is 12.3 Å². The van der Waals surface area contributed by atoms with Crippen LogP contribution in [-0.2, 0) is 0 Å². The minimum Gasteiger partial charge on any atom is -0.490 e. The molecule has 0 saturated carbocycles. The molecule has 72 valence electrons. The lowest BCUT2D eigenvalue weighted by molar-refractivity contribution is 0.296. The van der Waals surface area contributed by atoms with E-state index in [1.807, 2.05) is 0 Å². The Labute approximate surface area is 76.5 Å². The molecule has 1 unspecified atom stereocenters. The number of benzene rings is 1. The van der Waals surface area contributed by atoms with E-state index < -0.39 is 0 Å². The third-order valence-corrected chi connectivity index (χ3v) is 1.48. The summed E-state index contributed by atoms with van der Waals surface area (Å²) in [5.74, 6) is -0.0221. The Hall–Kier alpha value is -1.29. The second-order valence-corrected chi connectivity index (χ2v) is 2.97. The first kappa shape index (κ1) is 9.80. The maximum Gasteiger partial charge on any atom is 0.145 e. The minimum absolute atomic E-state index is 0.0948. The molecule has 0 saturated heterocycles. The van der Waals surface area contributed by atoms with E-state index in [-0.39, 0.29) is 11.9 Å². The van der Waals surface area contributed by atoms with Crippen LogP contribution in [0.1, 0.15) is 6.92 Å². The SMILES string of the molecule is CC(N)COc1cc(F)ccc1N. The highest BCUT2D eigenvalue weighted by molar-refractivity contribution is 5.52. The second-order valence-electron chi connectivity index (χ2n) is 2.97. The Morgan fingerprint density at radius 2 is 2.23 bits per heavy atom. The summed E-state index contributed by atoms with van der Waals surface area (Å²) >= 11 is 0. The van der Waals surface area contributed by atoms with Gasteiger partial charge in [-0.3, -0.25) is 0 Å². The van der Waals surface area contributed by atoms with Crippen molar-refractivity contribution in [1.82, 2.24) is 0 Å². The lowest BCUT2D eigenvalue weighted by atomic mass is 10.3. The number of rotatable bonds is 3. The smallest absolute Gasteiger partial charge is 0.145 e. The number of hydrogen-bond donors (Lipinski definition) is 2. The summed E-state index contributed by atoms with van der Waals surface area (Å²) in [4.78, 5) is 0. The largest absolute Gasteiger partial charge is 0.490 e. The van der Waals surface area contributed by atoms with Crippen LogP contribution in [0.2, 0.25) is 0 Å². The van der Waals surface area contributed by atoms with Gasteiger partial charge in [0, 0.05) is 12.1 Å². The summed E-state index contributed by atoms with van der Waals surface area (Å²) < 4.78 is 17.9. The zero-order valence-electron chi connectivity index (χ0n) is 7.46. The molecular formula is C9H13FN2O. The topological polar surface area (TPSA) is 61.3 Å². The fourth-order valence-corrected chi connectivity index (χ4v) is 0.854. The monoisotopic (exact) mass is 184 g/mol. The molecule has 1 rings (SSSR count). The molecular weight excluding hydrogens is 171 g/mol. The van der Waals surface area contributed by atoms with E-state index in [0.29, 0.717) is 18.0 Å². The van der Waals surface area contributed by atoms with Crippen molar-refractivity contribution in [2.45, 2.75) is 13.0 Å². The first-order valence-electron chi connectivity index (χ1n) is 4.03. The first-order valence-corrected chi connectivity index (χ1v) is 4.03. The quantitative estimate of drug-likeness (QED) is 0.692. The lowest BCUT2D eigenvalue weighted by Crippen LogP contribution is -2.23. The van der Waals surface area contributed by atoms with Crippen LogP contribution in [0.5, 0.6) is 5.75 Å². The summed E-state index contributed by atoms with van der Waals surface area (Å²) in [6, 6.07) is 3.90. The third-order valence-electron chi connectivity index (χ3n) is 1.48. The van der Waals surface area contributed by atoms with Gasteiger partial charge in [-0.2, -0.15) is 0 Å². The average molecular weight is 184 g/mol. The van der Waals surface area contributed by atoms with E-state index in [2.05, 4.69) is 0 Å². The van der Waals surface area contributed by atoms with Crippen molar-refractivity contribution in [3.8, 4) is 5.75 Å². The van der Waals surface area contributed by atoms with Gasteiger partial charge in [0.05, 0.1) is 5.69 Å². The summed E-state index contributed by atoms with van der Waals surface area (Å²) in [6.07, 6.45) is 0. The van der Waals surface area contributed by atoms with Gasteiger partial charge >= 0.3 is 0 Å². The van der Waals surface area contributed by atoms with Crippen molar-refractivity contribution in [1.29, 1.82) is 0 Å². The van der Waals surface area contributed by atoms with Crippen molar-refractivity contribution in [2.24, 2.45) is 5.73 Å². The number of ether oxygens (including phenoxy) is 1. The van der Waals surface area contributed by atoms with Crippen LogP contribution >= 0.6 is 0 Å². The molecule has 0 aromatic heterocycles. The van der Waals surface area contributed by atoms with Crippen molar-refractivity contribution in [3.63, 3.8) is 0 Å². The van der Waals surface area contributed by atoms with E-state index in [4.69, 9.17) is 16.2 Å². The van der Waals surface area contributed by atoms with Crippen LogP contribution in [0.3, 0.4) is 0 Å². The predicted octanol–water partition coefficient (Wildman–Crippen LogP) is 1.13. The Morgan fingerprint density at radius 1 is 1.54 bits per heavy atom. The molecule has 1 aromatic carbocycles. The normalized spacial score (nSPS) is 12.5. The van der Waals surface area contributed by atoms with Crippen LogP contribution in [-0.4, -0.2) is 12.6 Å². The highest BCUT2D eigenvalue weighted by Crippen LogP contribution is 2.21. The first-order chi connectivity index (χ1) is 6.09. The van der Waals surface area contributed by atoms with Crippen molar-refractivity contribution < 1.29 is 9.13 Å². The van der Waals surface area contributed by atoms with E-state index in [1.165, 1.54) is 18.2 Å². The van der Waals surface area contributed by atoms with E-state index in [1.54, 1.807) is 6.92 Å². The third kappa shape index (κ3) is 2.91. The number of nitrogens with two attached hydrogens (primary N) is 2. The highest BCUT2D eigenvalue weighted by atomic mass is 19.1. The standard InChI is InChI=1S/C9H13FN2O/c1-6(11)5-13-9-4-7(10)2-3-8(9)12/h2-4,6H,5,11-12H2,1H3. The van der Waals surface area contributed by atoms with Gasteiger partial charge in [0.25, 0.3) is 0 Å². The molecule has 0 amide bonds. The molecule has 13 heavy (non-hydrogen) atoms. The van der Waals surface area contributed by atoms with Crippen LogP contribution < -0.4 is 16.2 Å². The van der Waals surface area contributed by atoms with Gasteiger partial charge in [-0.25, -0.2) is 4.39 Å². The molecule has 0 spiro atoms. The van der Waals surface area contributed by atoms with Gasteiger partial charge in [-0.05, 0) is 19.1 Å². The summed E-state index contributed by atoms with van der Waals surface area (Å²) in [5.41, 5.74) is 11.4. The average Bonchev–Trinajstić information content (AvgIpc) is 2.06. The number of halogens is 1. The Bertz CT molecular complexity index is 289. The Balaban J connectivity index is 2.70. The molecule has 4 N–H and O–H groups in total. The minimum atomic E-state index is -0.367. The zero-order valence-corrected chi connectivity index (χ0v) is 7.46. The van der Waals surface area contributed by atoms with Gasteiger partial charge in [0.1, 0.15) is 18.2 Å². The lowest BCUT2D eigenvalue weighted by Gasteiger charge is -2.10. The van der Waals surface area contributed by atoms with Gasteiger partial charge in [0.2, 0.25) is 0 Å². The summed E-state index contributed by atoms with van der Waals surface area (Å²) in [7, 11) is 0. The molecule has 1 atom stereocenters. The van der Waals surface area contributed by atoms with E-state index in [0.717, 1.165) is 0 Å². The van der Waals surface area contributed by atoms with Gasteiger partial charge in [-0.1, -0.05) is 0 Å². The molecule has 0 fully saturated rings. The van der Waals surface area contributed by atoms with Gasteiger partial charge in [0.15, 0.2) is 0 Å². The fraction of sp³-hybridized carbons (Fsp3) is 0.333. The van der Waals surface area contributed by atoms with Crippen LogP contribution in [0.4, 0.5) is 10.1 Å². The predicted molar refractivity (Wildman–Crippen MR) is 50.0 cm³/mol. The maximum absolute atomic E-state index is 12.7. The molecule has 0 aliphatic heterocycles. The molecule has 0 aliphatic rings. The van der Waals surface area contributed by atoms with E-state index >= 15 is 0 Å². The van der Waals surface area contributed by atoms with Gasteiger partial charge in [-0.15, -0.1) is 0 Å². The van der Waals surface area contributed by atoms with Crippen molar-refractivity contribution >= 4 is 5.69 Å². The summed E-state index contributed by atoms with van der Waals surface area (Å²) in [5, 5.41) is 0. The maximum atomic E-state index is 12.7. The molecule has 0 aliphatic carbocycles. The van der Waals surface area contributed by atoms with E-state index in [9.17, 15) is 4.39 Å². The van der Waals surface area contributed by atoms with Crippen LogP contribution in [0, 0.1) is 5.82 Å². The van der Waals surface area contributed by atoms with Crippen LogP contribution in [0.15, 0.2) is 18.2 Å². The number of hydrogen-bond acceptors (Lipinski definition) is 3. The highest BCUT2D eigenvalue weighted by Gasteiger charge is 2.03. The zero-order chi connectivity index (χ0) is 9.84. The second kappa shape index (κ2) is 4.09. The Kier molecular flexibility index (Phi) is 3.08. The summed E-state index contributed by atoms with van der Waals surface area (Å²) in [6.45, 7) is 2.13. The number of anilines is 1. The molecule has 1 aromatic rings. The van der Waals surface area contributed by atoms with Crippen molar-refractivity contribution in [3.05, 3.63) is 24.0 Å². The molecule has 4 heteroatoms. The fourth-order valence-electron chi connectivity index (χ4n) is 0.854. The Morgan fingerprint density at radius 3 is 2.85 bits per heavy atom. The van der Waals surface area contributed by atoms with Crippen LogP contribution in [0.25, 0.3) is 0 Å². The van der Waals surface area contributed by atoms with Gasteiger partial charge < -0.3 is 16.2 Å². The molecule has 0 heterocycles. The molecule has 0 radical (unpaired) electrons. The number of nitrogen functional groups attached to an aromatic ring is 1. The molecule has 3 nitrogen and oxygen atoms in total.